The Balaban J connectivity index is 1.61. The topological polar surface area (TPSA) is 113 Å². The van der Waals surface area contributed by atoms with Crippen molar-refractivity contribution >= 4 is 17.8 Å². The maximum absolute atomic E-state index is 11.3. The van der Waals surface area contributed by atoms with E-state index in [1.165, 1.54) is 0 Å². The van der Waals surface area contributed by atoms with Crippen molar-refractivity contribution in [3.05, 3.63) is 42.7 Å². The summed E-state index contributed by atoms with van der Waals surface area (Å²) in [7, 11) is 0. The first-order valence-electron chi connectivity index (χ1n) is 8.91. The lowest BCUT2D eigenvalue weighted by molar-refractivity contribution is -0.119. The SMILES string of the molecule is NC(=O)CN(CC1CCN(c2cc(-c3ccccc3)ncn2)CC1)C(=O)O. The largest absolute Gasteiger partial charge is 0.465 e. The Bertz CT molecular complexity index is 791. The molecule has 1 aliphatic rings. The van der Waals surface area contributed by atoms with Gasteiger partial charge in [-0.25, -0.2) is 14.8 Å². The minimum atomic E-state index is -1.11. The number of nitrogens with zero attached hydrogens (tertiary/aromatic N) is 4. The lowest BCUT2D eigenvalue weighted by Crippen LogP contribution is -2.43. The molecule has 27 heavy (non-hydrogen) atoms. The van der Waals surface area contributed by atoms with E-state index in [-0.39, 0.29) is 12.5 Å². The number of hydrogen-bond donors (Lipinski definition) is 2. The number of amides is 2. The van der Waals surface area contributed by atoms with Crippen molar-refractivity contribution in [3.63, 3.8) is 0 Å². The van der Waals surface area contributed by atoms with Crippen LogP contribution in [-0.2, 0) is 4.79 Å². The predicted octanol–water partition coefficient (Wildman–Crippen LogP) is 1.83. The van der Waals surface area contributed by atoms with E-state index < -0.39 is 12.0 Å². The van der Waals surface area contributed by atoms with Gasteiger partial charge >= 0.3 is 6.09 Å². The van der Waals surface area contributed by atoms with Gasteiger partial charge in [-0.1, -0.05) is 30.3 Å². The van der Waals surface area contributed by atoms with Crippen LogP contribution >= 0.6 is 0 Å². The molecule has 1 aromatic carbocycles. The van der Waals surface area contributed by atoms with Crippen LogP contribution in [-0.4, -0.2) is 58.2 Å². The monoisotopic (exact) mass is 369 g/mol. The molecular weight excluding hydrogens is 346 g/mol. The number of aromatic nitrogens is 2. The third-order valence-corrected chi connectivity index (χ3v) is 4.76. The number of carbonyl (C=O) groups excluding carboxylic acids is 1. The molecule has 0 spiro atoms. The smallest absolute Gasteiger partial charge is 0.407 e. The van der Waals surface area contributed by atoms with Gasteiger partial charge in [0.2, 0.25) is 5.91 Å². The number of carbonyl (C=O) groups is 2. The van der Waals surface area contributed by atoms with E-state index in [2.05, 4.69) is 14.9 Å². The fourth-order valence-electron chi connectivity index (χ4n) is 3.34. The molecule has 1 saturated heterocycles. The van der Waals surface area contributed by atoms with Gasteiger partial charge in [0.05, 0.1) is 5.69 Å². The normalized spacial score (nSPS) is 14.7. The summed E-state index contributed by atoms with van der Waals surface area (Å²) in [5.74, 6) is 0.436. The average molecular weight is 369 g/mol. The fourth-order valence-corrected chi connectivity index (χ4v) is 3.34. The van der Waals surface area contributed by atoms with Crippen LogP contribution in [0.5, 0.6) is 0 Å². The summed E-state index contributed by atoms with van der Waals surface area (Å²) in [5.41, 5.74) is 7.05. The second kappa shape index (κ2) is 8.48. The van der Waals surface area contributed by atoms with E-state index >= 15 is 0 Å². The number of benzene rings is 1. The van der Waals surface area contributed by atoms with Crippen molar-refractivity contribution in [1.29, 1.82) is 0 Å². The summed E-state index contributed by atoms with van der Waals surface area (Å²) < 4.78 is 0. The van der Waals surface area contributed by atoms with Crippen molar-refractivity contribution in [2.45, 2.75) is 12.8 Å². The minimum absolute atomic E-state index is 0.201. The Morgan fingerprint density at radius 3 is 2.52 bits per heavy atom. The highest BCUT2D eigenvalue weighted by Crippen LogP contribution is 2.25. The molecule has 8 heteroatoms. The standard InChI is InChI=1S/C19H23N5O3/c20-17(25)12-24(19(26)27)11-14-6-8-23(9-7-14)18-10-16(21-13-22-18)15-4-2-1-3-5-15/h1-5,10,13-14H,6-9,11-12H2,(H2,20,25)(H,26,27). The van der Waals surface area contributed by atoms with Gasteiger partial charge in [0.15, 0.2) is 0 Å². The van der Waals surface area contributed by atoms with Crippen molar-refractivity contribution in [3.8, 4) is 11.3 Å². The number of anilines is 1. The van der Waals surface area contributed by atoms with Gasteiger partial charge in [-0.05, 0) is 18.8 Å². The second-order valence-electron chi connectivity index (χ2n) is 6.69. The highest BCUT2D eigenvalue weighted by Gasteiger charge is 2.25. The van der Waals surface area contributed by atoms with Crippen molar-refractivity contribution in [2.24, 2.45) is 11.7 Å². The molecule has 0 unspecified atom stereocenters. The average Bonchev–Trinajstić information content (AvgIpc) is 2.68. The third-order valence-electron chi connectivity index (χ3n) is 4.76. The predicted molar refractivity (Wildman–Crippen MR) is 101 cm³/mol. The quantitative estimate of drug-likeness (QED) is 0.803. The van der Waals surface area contributed by atoms with E-state index in [4.69, 9.17) is 5.73 Å². The zero-order chi connectivity index (χ0) is 19.2. The number of piperidine rings is 1. The van der Waals surface area contributed by atoms with E-state index in [1.54, 1.807) is 6.33 Å². The first-order chi connectivity index (χ1) is 13.0. The molecule has 2 aromatic rings. The Morgan fingerprint density at radius 2 is 1.89 bits per heavy atom. The summed E-state index contributed by atoms with van der Waals surface area (Å²) in [6, 6.07) is 11.9. The van der Waals surface area contributed by atoms with E-state index in [0.29, 0.717) is 6.54 Å². The zero-order valence-electron chi connectivity index (χ0n) is 15.0. The van der Waals surface area contributed by atoms with Gasteiger partial charge in [0.25, 0.3) is 0 Å². The summed E-state index contributed by atoms with van der Waals surface area (Å²) >= 11 is 0. The maximum atomic E-state index is 11.3. The van der Waals surface area contributed by atoms with Gasteiger partial charge in [-0.3, -0.25) is 9.69 Å². The summed E-state index contributed by atoms with van der Waals surface area (Å²) in [4.78, 5) is 34.3. The molecule has 1 aliphatic heterocycles. The highest BCUT2D eigenvalue weighted by molar-refractivity contribution is 5.80. The lowest BCUT2D eigenvalue weighted by Gasteiger charge is -2.34. The molecule has 3 rings (SSSR count). The number of rotatable bonds is 6. The molecule has 1 aromatic heterocycles. The molecule has 8 nitrogen and oxygen atoms in total. The van der Waals surface area contributed by atoms with Gasteiger partial charge in [0, 0.05) is 31.3 Å². The number of primary amides is 1. The van der Waals surface area contributed by atoms with E-state index in [0.717, 1.165) is 47.9 Å². The van der Waals surface area contributed by atoms with Gasteiger partial charge in [-0.15, -0.1) is 0 Å². The van der Waals surface area contributed by atoms with Crippen LogP contribution in [0.15, 0.2) is 42.7 Å². The first-order valence-corrected chi connectivity index (χ1v) is 8.91. The number of hydrogen-bond acceptors (Lipinski definition) is 5. The van der Waals surface area contributed by atoms with Crippen molar-refractivity contribution in [2.75, 3.05) is 31.1 Å². The summed E-state index contributed by atoms with van der Waals surface area (Å²) in [6.45, 7) is 1.62. The van der Waals surface area contributed by atoms with Gasteiger partial charge < -0.3 is 15.7 Å². The van der Waals surface area contributed by atoms with Crippen LogP contribution in [0.1, 0.15) is 12.8 Å². The zero-order valence-corrected chi connectivity index (χ0v) is 15.0. The maximum Gasteiger partial charge on any atom is 0.407 e. The lowest BCUT2D eigenvalue weighted by atomic mass is 9.96. The second-order valence-corrected chi connectivity index (χ2v) is 6.69. The highest BCUT2D eigenvalue weighted by atomic mass is 16.4. The van der Waals surface area contributed by atoms with E-state index in [1.807, 2.05) is 36.4 Å². The first kappa shape index (κ1) is 18.6. The van der Waals surface area contributed by atoms with Crippen LogP contribution in [0.25, 0.3) is 11.3 Å². The Hall–Kier alpha value is -3.16. The Labute approximate surface area is 157 Å². The molecule has 0 radical (unpaired) electrons. The van der Waals surface area contributed by atoms with Gasteiger partial charge in [0.1, 0.15) is 18.7 Å². The molecule has 1 fully saturated rings. The van der Waals surface area contributed by atoms with Crippen LogP contribution in [0.4, 0.5) is 10.6 Å². The van der Waals surface area contributed by atoms with Crippen molar-refractivity contribution < 1.29 is 14.7 Å². The van der Waals surface area contributed by atoms with Gasteiger partial charge in [-0.2, -0.15) is 0 Å². The summed E-state index contributed by atoms with van der Waals surface area (Å²) in [6.07, 6.45) is 2.11. The minimum Gasteiger partial charge on any atom is -0.465 e. The summed E-state index contributed by atoms with van der Waals surface area (Å²) in [5, 5.41) is 9.21. The fraction of sp³-hybridized carbons (Fsp3) is 0.368. The molecule has 3 N–H and O–H groups in total. The molecule has 2 heterocycles. The van der Waals surface area contributed by atoms with Crippen LogP contribution in [0.2, 0.25) is 0 Å². The third kappa shape index (κ3) is 4.93. The molecule has 0 saturated carbocycles. The molecular formula is C19H23N5O3. The van der Waals surface area contributed by atoms with Crippen molar-refractivity contribution in [1.82, 2.24) is 14.9 Å². The Morgan fingerprint density at radius 1 is 1.19 bits per heavy atom. The molecule has 0 atom stereocenters. The Kier molecular flexibility index (Phi) is 5.85. The van der Waals surface area contributed by atoms with E-state index in [9.17, 15) is 14.7 Å². The molecule has 0 aliphatic carbocycles. The number of nitrogens with two attached hydrogens (primary N) is 1. The van der Waals surface area contributed by atoms with Crippen LogP contribution < -0.4 is 10.6 Å². The molecule has 0 bridgehead atoms. The molecule has 2 amide bonds. The van der Waals surface area contributed by atoms with Crippen LogP contribution in [0, 0.1) is 5.92 Å². The number of carboxylic acid groups (broad SMARTS) is 1. The molecule has 142 valence electrons. The van der Waals surface area contributed by atoms with Crippen LogP contribution in [0.3, 0.4) is 0 Å².